The maximum Gasteiger partial charge on any atom is 0.250 e. The molecular weight excluding hydrogens is 384 g/mol. The number of benzene rings is 1. The molecule has 7 nitrogen and oxygen atoms in total. The summed E-state index contributed by atoms with van der Waals surface area (Å²) in [6.07, 6.45) is 0. The summed E-state index contributed by atoms with van der Waals surface area (Å²) in [5.41, 5.74) is 6.88. The third kappa shape index (κ3) is 4.12. The van der Waals surface area contributed by atoms with Gasteiger partial charge >= 0.3 is 0 Å². The Morgan fingerprint density at radius 3 is 2.26 bits per heavy atom. The van der Waals surface area contributed by atoms with Crippen LogP contribution in [-0.4, -0.2) is 35.1 Å². The van der Waals surface area contributed by atoms with Crippen LogP contribution >= 0.6 is 23.4 Å². The van der Waals surface area contributed by atoms with Gasteiger partial charge in [-0.3, -0.25) is 4.79 Å². The highest BCUT2D eigenvalue weighted by Gasteiger charge is 2.27. The lowest BCUT2D eigenvalue weighted by Crippen LogP contribution is -2.30. The Balaban J connectivity index is 2.70. The average molecular weight is 397 g/mol. The zero-order valence-electron chi connectivity index (χ0n) is 14.4. The van der Waals surface area contributed by atoms with E-state index in [1.165, 1.54) is 19.0 Å². The fraction of sp³-hybridized carbons (Fsp3) is 0.167. The number of nitrogens with zero attached hydrogens (tertiary/aromatic N) is 5. The Morgan fingerprint density at radius 1 is 1.19 bits per heavy atom. The molecule has 27 heavy (non-hydrogen) atoms. The summed E-state index contributed by atoms with van der Waals surface area (Å²) in [6.45, 7) is 0. The fourth-order valence-electron chi connectivity index (χ4n) is 2.27. The summed E-state index contributed by atoms with van der Waals surface area (Å²) in [5.74, 6) is -0.526. The van der Waals surface area contributed by atoms with Crippen molar-refractivity contribution >= 4 is 35.1 Å². The van der Waals surface area contributed by atoms with Crippen LogP contribution in [0.5, 0.6) is 0 Å². The molecule has 1 atom stereocenters. The number of thioether (sulfide) groups is 1. The van der Waals surface area contributed by atoms with Gasteiger partial charge in [0.15, 0.2) is 5.25 Å². The summed E-state index contributed by atoms with van der Waals surface area (Å²) in [5, 5.41) is 28.0. The Morgan fingerprint density at radius 2 is 1.78 bits per heavy atom. The van der Waals surface area contributed by atoms with E-state index in [9.17, 15) is 20.6 Å². The van der Waals surface area contributed by atoms with Gasteiger partial charge in [-0.2, -0.15) is 15.8 Å². The van der Waals surface area contributed by atoms with Gasteiger partial charge in [0.2, 0.25) is 5.91 Å². The number of pyridine rings is 1. The molecule has 0 saturated heterocycles. The number of nitriles is 3. The largest absolute Gasteiger partial charge is 0.383 e. The highest BCUT2D eigenvalue weighted by molar-refractivity contribution is 8.00. The van der Waals surface area contributed by atoms with Crippen LogP contribution in [0.15, 0.2) is 29.3 Å². The maximum absolute atomic E-state index is 12.2. The number of amides is 1. The maximum atomic E-state index is 12.2. The van der Waals surface area contributed by atoms with Crippen LogP contribution in [0.2, 0.25) is 5.02 Å². The number of rotatable bonds is 4. The van der Waals surface area contributed by atoms with Crippen LogP contribution in [-0.2, 0) is 4.79 Å². The smallest absolute Gasteiger partial charge is 0.250 e. The summed E-state index contributed by atoms with van der Waals surface area (Å²) in [6, 6.07) is 12.4. The second-order valence-corrected chi connectivity index (χ2v) is 7.05. The number of anilines is 1. The monoisotopic (exact) mass is 396 g/mol. The van der Waals surface area contributed by atoms with Crippen molar-refractivity contribution in [2.24, 2.45) is 0 Å². The van der Waals surface area contributed by atoms with E-state index in [1.807, 2.05) is 18.2 Å². The first-order valence-electron chi connectivity index (χ1n) is 7.51. The van der Waals surface area contributed by atoms with Crippen LogP contribution < -0.4 is 5.73 Å². The van der Waals surface area contributed by atoms with E-state index in [0.717, 1.165) is 11.8 Å². The number of aromatic nitrogens is 1. The van der Waals surface area contributed by atoms with Crippen molar-refractivity contribution in [1.29, 1.82) is 15.8 Å². The van der Waals surface area contributed by atoms with Gasteiger partial charge in [0.1, 0.15) is 28.5 Å². The third-order valence-corrected chi connectivity index (χ3v) is 4.87. The van der Waals surface area contributed by atoms with Crippen molar-refractivity contribution in [2.75, 3.05) is 19.8 Å². The second kappa shape index (κ2) is 8.42. The third-order valence-electron chi connectivity index (χ3n) is 3.56. The van der Waals surface area contributed by atoms with Gasteiger partial charge in [-0.15, -0.1) is 0 Å². The van der Waals surface area contributed by atoms with E-state index >= 15 is 0 Å². The van der Waals surface area contributed by atoms with Gasteiger partial charge in [0.25, 0.3) is 0 Å². The Labute approximate surface area is 165 Å². The van der Waals surface area contributed by atoms with Gasteiger partial charge in [0, 0.05) is 24.7 Å². The van der Waals surface area contributed by atoms with Crippen molar-refractivity contribution in [3.8, 4) is 29.3 Å². The lowest BCUT2D eigenvalue weighted by atomic mass is 9.97. The first kappa shape index (κ1) is 20.1. The fourth-order valence-corrected chi connectivity index (χ4v) is 3.40. The zero-order valence-corrected chi connectivity index (χ0v) is 16.0. The van der Waals surface area contributed by atoms with Gasteiger partial charge in [0.05, 0.1) is 11.6 Å². The van der Waals surface area contributed by atoms with Crippen LogP contribution in [0.4, 0.5) is 5.82 Å². The molecule has 0 aliphatic heterocycles. The first-order chi connectivity index (χ1) is 12.8. The minimum Gasteiger partial charge on any atom is -0.383 e. The molecule has 0 saturated carbocycles. The molecule has 1 heterocycles. The molecule has 0 aliphatic carbocycles. The number of hydrogen-bond donors (Lipinski definition) is 1. The molecule has 2 rings (SSSR count). The van der Waals surface area contributed by atoms with Gasteiger partial charge in [-0.05, 0) is 17.7 Å². The Hall–Kier alpha value is -3.25. The topological polar surface area (TPSA) is 131 Å². The minimum atomic E-state index is -1.11. The van der Waals surface area contributed by atoms with Crippen molar-refractivity contribution in [1.82, 2.24) is 9.88 Å². The van der Waals surface area contributed by atoms with Crippen LogP contribution in [0.3, 0.4) is 0 Å². The van der Waals surface area contributed by atoms with Crippen molar-refractivity contribution in [2.45, 2.75) is 10.3 Å². The quantitative estimate of drug-likeness (QED) is 0.786. The molecule has 2 N–H and O–H groups in total. The molecule has 0 spiro atoms. The summed E-state index contributed by atoms with van der Waals surface area (Å²) in [4.78, 5) is 17.5. The highest BCUT2D eigenvalue weighted by atomic mass is 35.5. The van der Waals surface area contributed by atoms with Crippen LogP contribution in [0.25, 0.3) is 11.1 Å². The predicted molar refractivity (Wildman–Crippen MR) is 102 cm³/mol. The van der Waals surface area contributed by atoms with E-state index in [0.29, 0.717) is 16.1 Å². The van der Waals surface area contributed by atoms with E-state index in [2.05, 4.69) is 4.98 Å². The normalized spacial score (nSPS) is 11.0. The molecule has 2 aromatic rings. The molecule has 1 unspecified atom stereocenters. The van der Waals surface area contributed by atoms with Crippen LogP contribution in [0, 0.1) is 34.0 Å². The number of carbonyl (C=O) groups excluding carboxylic acids is 1. The molecule has 9 heteroatoms. The molecule has 0 radical (unpaired) electrons. The minimum absolute atomic E-state index is 0.0469. The number of carbonyl (C=O) groups is 1. The first-order valence-corrected chi connectivity index (χ1v) is 8.76. The van der Waals surface area contributed by atoms with E-state index < -0.39 is 11.2 Å². The molecular formula is C18H13ClN6OS. The Bertz CT molecular complexity index is 1010. The van der Waals surface area contributed by atoms with E-state index in [-0.39, 0.29) is 22.0 Å². The summed E-state index contributed by atoms with van der Waals surface area (Å²) < 4.78 is 0. The standard InChI is InChI=1S/C18H13ClN6OS/c1-25(2)18(26)14(9-22)27-17-13(8-21)15(12(7-20)16(23)24-17)10-3-5-11(19)6-4-10/h3-6,14H,1-2H3,(H2,23,24). The SMILES string of the molecule is CN(C)C(=O)C(C#N)Sc1nc(N)c(C#N)c(-c2ccc(Cl)cc2)c1C#N. The van der Waals surface area contributed by atoms with Crippen molar-refractivity contribution < 1.29 is 4.79 Å². The lowest BCUT2D eigenvalue weighted by molar-refractivity contribution is -0.127. The van der Waals surface area contributed by atoms with E-state index in [4.69, 9.17) is 17.3 Å². The Kier molecular flexibility index (Phi) is 6.26. The van der Waals surface area contributed by atoms with Gasteiger partial charge < -0.3 is 10.6 Å². The molecule has 0 aliphatic rings. The van der Waals surface area contributed by atoms with Crippen molar-refractivity contribution in [3.63, 3.8) is 0 Å². The number of nitrogens with two attached hydrogens (primary N) is 1. The number of halogens is 1. The van der Waals surface area contributed by atoms with Crippen molar-refractivity contribution in [3.05, 3.63) is 40.4 Å². The average Bonchev–Trinajstić information content (AvgIpc) is 2.65. The number of hydrogen-bond acceptors (Lipinski definition) is 7. The molecule has 0 fully saturated rings. The molecule has 1 aromatic carbocycles. The second-order valence-electron chi connectivity index (χ2n) is 5.52. The predicted octanol–water partition coefficient (Wildman–Crippen LogP) is 2.80. The van der Waals surface area contributed by atoms with E-state index in [1.54, 1.807) is 24.3 Å². The molecule has 134 valence electrons. The van der Waals surface area contributed by atoms with Gasteiger partial charge in [-0.25, -0.2) is 4.98 Å². The van der Waals surface area contributed by atoms with Gasteiger partial charge in [-0.1, -0.05) is 35.5 Å². The van der Waals surface area contributed by atoms with Crippen LogP contribution in [0.1, 0.15) is 11.1 Å². The summed E-state index contributed by atoms with van der Waals surface area (Å²) >= 11 is 6.73. The highest BCUT2D eigenvalue weighted by Crippen LogP contribution is 2.37. The lowest BCUT2D eigenvalue weighted by Gasteiger charge is -2.17. The molecule has 1 aromatic heterocycles. The number of nitrogen functional groups attached to an aromatic ring is 1. The molecule has 1 amide bonds. The summed E-state index contributed by atoms with van der Waals surface area (Å²) in [7, 11) is 3.05. The molecule has 0 bridgehead atoms. The zero-order chi connectivity index (χ0) is 20.1.